The molecule has 1 aromatic heterocycles. The number of carbonyl (C=O) groups excluding carboxylic acids is 6. The Labute approximate surface area is 358 Å². The van der Waals surface area contributed by atoms with Crippen molar-refractivity contribution in [1.29, 1.82) is 0 Å². The lowest BCUT2D eigenvalue weighted by Gasteiger charge is -2.44. The third-order valence-corrected chi connectivity index (χ3v) is 15.0. The molecule has 1 N–H and O–H groups in total. The minimum atomic E-state index is -4.81. The van der Waals surface area contributed by atoms with Gasteiger partial charge >= 0.3 is 19.5 Å². The SMILES string of the molecule is CC(C)(C)C(=O)OCOP(=O)(OCOC(=O)C(C)(C)C)[C@H](F)c1ccc2sc(C(=O)N[C@H]3C[C@@H]4C[C@@H]4C[C@H]4CC[C@@H](C(=O)N5CC(C(=O)N6CCOCC6)C5)N4C3=O)cc2c1. The van der Waals surface area contributed by atoms with Gasteiger partial charge in [-0.3, -0.25) is 42.4 Å². The first-order valence-corrected chi connectivity index (χ1v) is 23.4. The summed E-state index contributed by atoms with van der Waals surface area (Å²) in [6.07, 6.45) is 3.43. The molecule has 4 saturated heterocycles. The maximum absolute atomic E-state index is 16.3. The number of fused-ring (bicyclic) bond motifs is 3. The fourth-order valence-corrected chi connectivity index (χ4v) is 10.5. The number of ether oxygens (including phenoxy) is 3. The van der Waals surface area contributed by atoms with Gasteiger partial charge in [0.1, 0.15) is 12.1 Å². The summed E-state index contributed by atoms with van der Waals surface area (Å²) in [5.41, 5.74) is -1.98. The van der Waals surface area contributed by atoms with Crippen LogP contribution in [0, 0.1) is 28.6 Å². The van der Waals surface area contributed by atoms with Gasteiger partial charge in [-0.2, -0.15) is 0 Å². The van der Waals surface area contributed by atoms with Gasteiger partial charge in [0.15, 0.2) is 0 Å². The van der Waals surface area contributed by atoms with Crippen molar-refractivity contribution in [2.24, 2.45) is 28.6 Å². The largest absolute Gasteiger partial charge is 0.438 e. The van der Waals surface area contributed by atoms with E-state index in [9.17, 15) is 33.3 Å². The van der Waals surface area contributed by atoms with Crippen molar-refractivity contribution < 1.29 is 61.0 Å². The molecule has 7 rings (SSSR count). The summed E-state index contributed by atoms with van der Waals surface area (Å²) >= 11 is 1.13. The molecule has 334 valence electrons. The third kappa shape index (κ3) is 9.98. The molecule has 0 bridgehead atoms. The molecule has 5 heterocycles. The van der Waals surface area contributed by atoms with Crippen molar-refractivity contribution in [3.8, 4) is 0 Å². The maximum Gasteiger partial charge on any atom is 0.374 e. The van der Waals surface area contributed by atoms with E-state index in [2.05, 4.69) is 5.32 Å². The van der Waals surface area contributed by atoms with E-state index in [1.807, 2.05) is 0 Å². The summed E-state index contributed by atoms with van der Waals surface area (Å²) < 4.78 is 56.8. The molecule has 19 heteroatoms. The number of hydrogen-bond donors (Lipinski definition) is 1. The van der Waals surface area contributed by atoms with Gasteiger partial charge in [-0.15, -0.1) is 11.3 Å². The molecule has 2 aromatic rings. The first kappa shape index (κ1) is 45.1. The normalized spacial score (nSPS) is 25.1. The number of rotatable bonds is 12. The van der Waals surface area contributed by atoms with E-state index in [-0.39, 0.29) is 46.0 Å². The van der Waals surface area contributed by atoms with Crippen LogP contribution in [0.3, 0.4) is 0 Å². The number of alkyl halides is 1. The van der Waals surface area contributed by atoms with Gasteiger partial charge in [0.2, 0.25) is 37.2 Å². The molecule has 5 aliphatic rings. The molecule has 6 atom stereocenters. The summed E-state index contributed by atoms with van der Waals surface area (Å²) in [6.45, 7) is 10.5. The van der Waals surface area contributed by atoms with Gasteiger partial charge in [-0.25, -0.2) is 4.39 Å². The second-order valence-corrected chi connectivity index (χ2v) is 21.9. The van der Waals surface area contributed by atoms with Crippen LogP contribution < -0.4 is 5.32 Å². The lowest BCUT2D eigenvalue weighted by Crippen LogP contribution is -2.62. The number of amides is 4. The fourth-order valence-electron chi connectivity index (χ4n) is 8.34. The molecular formula is C42H56FN4O12PS. The summed E-state index contributed by atoms with van der Waals surface area (Å²) in [7, 11) is -4.81. The van der Waals surface area contributed by atoms with Crippen molar-refractivity contribution in [1.82, 2.24) is 20.0 Å². The van der Waals surface area contributed by atoms with E-state index in [1.54, 1.807) is 68.4 Å². The first-order valence-electron chi connectivity index (χ1n) is 20.9. The van der Waals surface area contributed by atoms with Crippen molar-refractivity contribution >= 4 is 64.6 Å². The molecule has 0 spiro atoms. The highest BCUT2D eigenvalue weighted by atomic mass is 32.1. The molecule has 0 unspecified atom stereocenters. The zero-order valence-corrected chi connectivity index (χ0v) is 37.2. The van der Waals surface area contributed by atoms with E-state index in [4.69, 9.17) is 23.3 Å². The molecule has 16 nitrogen and oxygen atoms in total. The number of halogens is 1. The molecule has 1 saturated carbocycles. The van der Waals surface area contributed by atoms with Crippen LogP contribution in [-0.4, -0.2) is 121 Å². The lowest BCUT2D eigenvalue weighted by molar-refractivity contribution is -0.162. The zero-order valence-electron chi connectivity index (χ0n) is 35.5. The van der Waals surface area contributed by atoms with Crippen molar-refractivity contribution in [2.45, 2.75) is 97.7 Å². The van der Waals surface area contributed by atoms with E-state index in [0.29, 0.717) is 74.7 Å². The van der Waals surface area contributed by atoms with E-state index in [1.165, 1.54) is 12.1 Å². The Bertz CT molecular complexity index is 2050. The van der Waals surface area contributed by atoms with Crippen LogP contribution in [-0.2, 0) is 51.8 Å². The maximum atomic E-state index is 16.3. The van der Waals surface area contributed by atoms with Crippen LogP contribution in [0.1, 0.15) is 94.8 Å². The Balaban J connectivity index is 1.02. The Hall–Kier alpha value is -3.96. The minimum Gasteiger partial charge on any atom is -0.438 e. The first-order chi connectivity index (χ1) is 28.7. The zero-order chi connectivity index (χ0) is 44.0. The molecule has 4 amide bonds. The molecule has 1 aliphatic carbocycles. The van der Waals surface area contributed by atoms with Gasteiger partial charge in [-0.05, 0) is 115 Å². The molecule has 4 aliphatic heterocycles. The minimum absolute atomic E-state index is 0.0263. The number of benzene rings is 1. The van der Waals surface area contributed by atoms with Gasteiger partial charge in [-0.1, -0.05) is 6.07 Å². The number of morpholine rings is 1. The average molecular weight is 891 g/mol. The van der Waals surface area contributed by atoms with Crippen LogP contribution in [0.25, 0.3) is 10.1 Å². The summed E-state index contributed by atoms with van der Waals surface area (Å²) in [4.78, 5) is 85.2. The van der Waals surface area contributed by atoms with Gasteiger partial charge in [0, 0.05) is 36.9 Å². The van der Waals surface area contributed by atoms with Crippen molar-refractivity contribution in [3.63, 3.8) is 0 Å². The van der Waals surface area contributed by atoms with Gasteiger partial charge in [0.05, 0.1) is 34.8 Å². The monoisotopic (exact) mass is 890 g/mol. The van der Waals surface area contributed by atoms with E-state index < -0.39 is 67.9 Å². The Morgan fingerprint density at radius 3 is 2.11 bits per heavy atom. The molecule has 1 aromatic carbocycles. The number of thiophene rings is 1. The van der Waals surface area contributed by atoms with Crippen LogP contribution in [0.4, 0.5) is 4.39 Å². The second-order valence-electron chi connectivity index (χ2n) is 18.8. The quantitative estimate of drug-likeness (QED) is 0.163. The number of likely N-dealkylation sites (tertiary alicyclic amines) is 1. The fraction of sp³-hybridized carbons (Fsp3) is 0.667. The standard InChI is InChI=1S/C42H56FN4O12PS/c1-41(2,3)39(52)56-22-58-60(54,59-23-57-40(53)42(4,5)6)34(43)24-7-10-32-27(15-24)19-33(61-32)35(48)44-30-18-26-16-25(26)17-29-8-9-31(47(29)37(30)50)38(51)46-20-28(21-46)36(49)45-11-13-55-14-12-45/h7,10,15,19,25-26,28-31,34H,8-9,11-14,16-18,20-23H2,1-6H3,(H,44,48)/t25-,26+,29-,30+,31+,34+/m1/s1. The summed E-state index contributed by atoms with van der Waals surface area (Å²) in [6, 6.07) is 4.22. The average Bonchev–Trinajstić information content (AvgIpc) is 3.54. The van der Waals surface area contributed by atoms with Crippen LogP contribution >= 0.6 is 18.9 Å². The van der Waals surface area contributed by atoms with Crippen LogP contribution in [0.5, 0.6) is 0 Å². The van der Waals surface area contributed by atoms with Crippen molar-refractivity contribution in [3.05, 3.63) is 34.7 Å². The third-order valence-electron chi connectivity index (χ3n) is 12.1. The molecular weight excluding hydrogens is 835 g/mol. The van der Waals surface area contributed by atoms with E-state index >= 15 is 4.39 Å². The second kappa shape index (κ2) is 17.7. The smallest absolute Gasteiger partial charge is 0.374 e. The number of carbonyl (C=O) groups is 6. The lowest BCUT2D eigenvalue weighted by atomic mass is 9.96. The van der Waals surface area contributed by atoms with Gasteiger partial charge < -0.3 is 34.2 Å². The Morgan fingerprint density at radius 1 is 0.869 bits per heavy atom. The van der Waals surface area contributed by atoms with Crippen molar-refractivity contribution in [2.75, 3.05) is 53.0 Å². The summed E-state index contributed by atoms with van der Waals surface area (Å²) in [5.74, 6) is -4.29. The Kier molecular flexibility index (Phi) is 13.1. The van der Waals surface area contributed by atoms with Crippen LogP contribution in [0.15, 0.2) is 24.3 Å². The number of nitrogens with zero attached hydrogens (tertiary/aromatic N) is 3. The molecule has 5 fully saturated rings. The predicted octanol–water partition coefficient (Wildman–Crippen LogP) is 5.39. The predicted molar refractivity (Wildman–Crippen MR) is 219 cm³/mol. The highest BCUT2D eigenvalue weighted by Crippen LogP contribution is 2.62. The van der Waals surface area contributed by atoms with Crippen LogP contribution in [0.2, 0.25) is 0 Å². The number of esters is 2. The molecule has 0 radical (unpaired) electrons. The number of hydrogen-bond acceptors (Lipinski definition) is 13. The highest BCUT2D eigenvalue weighted by Gasteiger charge is 2.53. The summed E-state index contributed by atoms with van der Waals surface area (Å²) in [5, 5.41) is 3.40. The Morgan fingerprint density at radius 2 is 1.49 bits per heavy atom. The highest BCUT2D eigenvalue weighted by molar-refractivity contribution is 7.54. The molecule has 61 heavy (non-hydrogen) atoms. The van der Waals surface area contributed by atoms with E-state index in [0.717, 1.165) is 24.2 Å². The topological polar surface area (TPSA) is 187 Å². The number of nitrogens with one attached hydrogen (secondary N) is 1. The van der Waals surface area contributed by atoms with Gasteiger partial charge in [0.25, 0.3) is 5.91 Å².